The van der Waals surface area contributed by atoms with E-state index < -0.39 is 0 Å². The number of hydrogen-bond donors (Lipinski definition) is 0. The standard InChI is InChI=1S/C17H24FNO2/c1-19(13-14-7-3-2-4-8-14)17(20)11-12-21-16-10-6-5-9-15(16)18/h5-6,9-10,14H,2-4,7-8,11-13H2,1H3. The second-order valence-electron chi connectivity index (χ2n) is 5.81. The molecule has 1 aliphatic rings. The van der Waals surface area contributed by atoms with Gasteiger partial charge in [0.1, 0.15) is 0 Å². The first-order chi connectivity index (χ1) is 10.2. The number of halogens is 1. The minimum Gasteiger partial charge on any atom is -0.490 e. The van der Waals surface area contributed by atoms with E-state index in [4.69, 9.17) is 4.74 Å². The van der Waals surface area contributed by atoms with Gasteiger partial charge >= 0.3 is 0 Å². The number of rotatable bonds is 6. The van der Waals surface area contributed by atoms with E-state index in [0.29, 0.717) is 5.92 Å². The van der Waals surface area contributed by atoms with Gasteiger partial charge in [-0.25, -0.2) is 4.39 Å². The van der Waals surface area contributed by atoms with E-state index in [0.717, 1.165) is 6.54 Å². The van der Waals surface area contributed by atoms with Crippen LogP contribution in [-0.4, -0.2) is 31.0 Å². The van der Waals surface area contributed by atoms with Gasteiger partial charge in [-0.05, 0) is 30.9 Å². The van der Waals surface area contributed by atoms with E-state index in [1.54, 1.807) is 23.1 Å². The van der Waals surface area contributed by atoms with Gasteiger partial charge in [-0.15, -0.1) is 0 Å². The molecular formula is C17H24FNO2. The van der Waals surface area contributed by atoms with E-state index in [1.807, 2.05) is 7.05 Å². The van der Waals surface area contributed by atoms with Crippen LogP contribution >= 0.6 is 0 Å². The molecule has 2 rings (SSSR count). The molecule has 0 N–H and O–H groups in total. The Balaban J connectivity index is 1.70. The van der Waals surface area contributed by atoms with Gasteiger partial charge in [-0.2, -0.15) is 0 Å². The lowest BCUT2D eigenvalue weighted by Gasteiger charge is -2.27. The quantitative estimate of drug-likeness (QED) is 0.801. The molecule has 0 unspecified atom stereocenters. The van der Waals surface area contributed by atoms with Gasteiger partial charge in [0.05, 0.1) is 13.0 Å². The predicted octanol–water partition coefficient (Wildman–Crippen LogP) is 3.63. The van der Waals surface area contributed by atoms with Crippen molar-refractivity contribution in [3.05, 3.63) is 30.1 Å². The van der Waals surface area contributed by atoms with Crippen molar-refractivity contribution in [1.29, 1.82) is 0 Å². The summed E-state index contributed by atoms with van der Waals surface area (Å²) in [6.45, 7) is 1.05. The molecule has 1 aliphatic carbocycles. The van der Waals surface area contributed by atoms with Crippen molar-refractivity contribution in [2.75, 3.05) is 20.2 Å². The average molecular weight is 293 g/mol. The van der Waals surface area contributed by atoms with Crippen molar-refractivity contribution >= 4 is 5.91 Å². The number of hydrogen-bond acceptors (Lipinski definition) is 2. The number of carbonyl (C=O) groups is 1. The zero-order valence-corrected chi connectivity index (χ0v) is 12.7. The third-order valence-corrected chi connectivity index (χ3v) is 4.09. The Morgan fingerprint density at radius 2 is 2.00 bits per heavy atom. The van der Waals surface area contributed by atoms with Gasteiger partial charge in [-0.1, -0.05) is 31.4 Å². The Kier molecular flexibility index (Phi) is 6.03. The number of amides is 1. The molecule has 1 aromatic rings. The maximum absolute atomic E-state index is 13.4. The van der Waals surface area contributed by atoms with E-state index in [1.165, 1.54) is 38.2 Å². The number of nitrogens with zero attached hydrogens (tertiary/aromatic N) is 1. The van der Waals surface area contributed by atoms with Crippen molar-refractivity contribution in [1.82, 2.24) is 4.90 Å². The number of benzene rings is 1. The summed E-state index contributed by atoms with van der Waals surface area (Å²) >= 11 is 0. The molecule has 0 spiro atoms. The second kappa shape index (κ2) is 8.01. The Hall–Kier alpha value is -1.58. The van der Waals surface area contributed by atoms with E-state index in [-0.39, 0.29) is 30.5 Å². The molecule has 0 radical (unpaired) electrons. The van der Waals surface area contributed by atoms with E-state index in [2.05, 4.69) is 0 Å². The van der Waals surface area contributed by atoms with Crippen LogP contribution < -0.4 is 4.74 Å². The maximum Gasteiger partial charge on any atom is 0.225 e. The highest BCUT2D eigenvalue weighted by Gasteiger charge is 2.18. The second-order valence-corrected chi connectivity index (χ2v) is 5.81. The van der Waals surface area contributed by atoms with Crippen LogP contribution in [0.2, 0.25) is 0 Å². The van der Waals surface area contributed by atoms with Crippen molar-refractivity contribution in [3.8, 4) is 5.75 Å². The van der Waals surface area contributed by atoms with Crippen LogP contribution in [-0.2, 0) is 4.79 Å². The summed E-state index contributed by atoms with van der Waals surface area (Å²) in [4.78, 5) is 13.8. The fourth-order valence-electron chi connectivity index (χ4n) is 2.86. The van der Waals surface area contributed by atoms with Crippen LogP contribution in [0.3, 0.4) is 0 Å². The van der Waals surface area contributed by atoms with Crippen LogP contribution in [0.1, 0.15) is 38.5 Å². The third kappa shape index (κ3) is 5.03. The van der Waals surface area contributed by atoms with Gasteiger partial charge in [0, 0.05) is 13.6 Å². The summed E-state index contributed by atoms with van der Waals surface area (Å²) in [6.07, 6.45) is 6.63. The molecule has 1 aromatic carbocycles. The minimum absolute atomic E-state index is 0.0666. The Bertz CT molecular complexity index is 458. The zero-order valence-electron chi connectivity index (χ0n) is 12.7. The normalized spacial score (nSPS) is 15.7. The fraction of sp³-hybridized carbons (Fsp3) is 0.588. The van der Waals surface area contributed by atoms with Crippen molar-refractivity contribution in [2.24, 2.45) is 5.92 Å². The summed E-state index contributed by atoms with van der Waals surface area (Å²) in [6, 6.07) is 6.26. The average Bonchev–Trinajstić information content (AvgIpc) is 2.50. The van der Waals surface area contributed by atoms with Crippen LogP contribution in [0.4, 0.5) is 4.39 Å². The first-order valence-corrected chi connectivity index (χ1v) is 7.78. The lowest BCUT2D eigenvalue weighted by Crippen LogP contribution is -2.33. The number of carbonyl (C=O) groups excluding carboxylic acids is 1. The highest BCUT2D eigenvalue weighted by molar-refractivity contribution is 5.76. The minimum atomic E-state index is -0.388. The molecule has 1 amide bonds. The molecule has 116 valence electrons. The van der Waals surface area contributed by atoms with Crippen molar-refractivity contribution in [3.63, 3.8) is 0 Å². The van der Waals surface area contributed by atoms with Crippen molar-refractivity contribution < 1.29 is 13.9 Å². The largest absolute Gasteiger partial charge is 0.490 e. The highest BCUT2D eigenvalue weighted by atomic mass is 19.1. The van der Waals surface area contributed by atoms with Gasteiger partial charge in [0.2, 0.25) is 5.91 Å². The summed E-state index contributed by atoms with van der Waals surface area (Å²) in [7, 11) is 1.85. The van der Waals surface area contributed by atoms with Gasteiger partial charge in [0.25, 0.3) is 0 Å². The molecule has 1 fully saturated rings. The fourth-order valence-corrected chi connectivity index (χ4v) is 2.86. The molecule has 0 bridgehead atoms. The van der Waals surface area contributed by atoms with E-state index in [9.17, 15) is 9.18 Å². The SMILES string of the molecule is CN(CC1CCCCC1)C(=O)CCOc1ccccc1F. The molecule has 0 saturated heterocycles. The van der Waals surface area contributed by atoms with Gasteiger partial charge < -0.3 is 9.64 Å². The monoisotopic (exact) mass is 293 g/mol. The lowest BCUT2D eigenvalue weighted by molar-refractivity contribution is -0.131. The van der Waals surface area contributed by atoms with E-state index >= 15 is 0 Å². The molecule has 3 nitrogen and oxygen atoms in total. The van der Waals surface area contributed by atoms with Crippen LogP contribution in [0.15, 0.2) is 24.3 Å². The smallest absolute Gasteiger partial charge is 0.225 e. The Morgan fingerprint density at radius 1 is 1.29 bits per heavy atom. The van der Waals surface area contributed by atoms with Crippen molar-refractivity contribution in [2.45, 2.75) is 38.5 Å². The number of ether oxygens (including phenoxy) is 1. The lowest BCUT2D eigenvalue weighted by atomic mass is 9.89. The Morgan fingerprint density at radius 3 is 2.71 bits per heavy atom. The summed E-state index contributed by atoms with van der Waals surface area (Å²) in [5, 5.41) is 0. The molecule has 1 saturated carbocycles. The van der Waals surface area contributed by atoms with Gasteiger partial charge in [0.15, 0.2) is 11.6 Å². The number of para-hydroxylation sites is 1. The molecule has 0 aromatic heterocycles. The Labute approximate surface area is 126 Å². The summed E-state index contributed by atoms with van der Waals surface area (Å²) < 4.78 is 18.7. The molecule has 0 aliphatic heterocycles. The first-order valence-electron chi connectivity index (χ1n) is 7.78. The summed E-state index contributed by atoms with van der Waals surface area (Å²) in [5.41, 5.74) is 0. The molecule has 21 heavy (non-hydrogen) atoms. The predicted molar refractivity (Wildman–Crippen MR) is 80.7 cm³/mol. The topological polar surface area (TPSA) is 29.5 Å². The third-order valence-electron chi connectivity index (χ3n) is 4.09. The zero-order chi connectivity index (χ0) is 15.1. The maximum atomic E-state index is 13.4. The molecule has 4 heteroatoms. The molecule has 0 heterocycles. The molecular weight excluding hydrogens is 269 g/mol. The van der Waals surface area contributed by atoms with Crippen LogP contribution in [0.25, 0.3) is 0 Å². The van der Waals surface area contributed by atoms with Crippen LogP contribution in [0.5, 0.6) is 5.75 Å². The summed E-state index contributed by atoms with van der Waals surface area (Å²) in [5.74, 6) is 0.526. The first kappa shape index (κ1) is 15.8. The van der Waals surface area contributed by atoms with Crippen LogP contribution in [0, 0.1) is 11.7 Å². The van der Waals surface area contributed by atoms with Gasteiger partial charge in [-0.3, -0.25) is 4.79 Å². The highest BCUT2D eigenvalue weighted by Crippen LogP contribution is 2.24. The molecule has 0 atom stereocenters.